The minimum Gasteiger partial charge on any atom is -0.493 e. The topological polar surface area (TPSA) is 172 Å². The van der Waals surface area contributed by atoms with Crippen LogP contribution >= 0.6 is 11.6 Å². The van der Waals surface area contributed by atoms with E-state index >= 15 is 4.39 Å². The molecule has 0 radical (unpaired) electrons. The van der Waals surface area contributed by atoms with Crippen LogP contribution in [0.3, 0.4) is 0 Å². The van der Waals surface area contributed by atoms with Crippen molar-refractivity contribution in [3.8, 4) is 5.75 Å². The standard InChI is InChI=1S/C34H49ClFN5O7/c35-23-16-38-33(39-17-23)40-11-7-22(8-12-40)3-2-14-48-24-5-6-25(26(36)15-24)27(19-42)41-13-10-34(21-41)9-1-4-30(34)37-18-28(44)31(46)32(47)29(45)20-43/h5-6,15-17,19,22,27-32,37,43-47H,1-4,7-14,18,20-21H2/t27?,28-,29+,30?,31+,32+,34?/m0/s1. The van der Waals surface area contributed by atoms with Gasteiger partial charge in [0.05, 0.1) is 42.8 Å². The average Bonchev–Trinajstić information content (AvgIpc) is 3.72. The molecule has 6 N–H and O–H groups in total. The number of benzene rings is 1. The summed E-state index contributed by atoms with van der Waals surface area (Å²) in [6, 6.07) is 3.96. The minimum absolute atomic E-state index is 0.0118. The third-order valence-electron chi connectivity index (χ3n) is 10.6. The number of nitrogens with one attached hydrogen (secondary N) is 1. The Morgan fingerprint density at radius 1 is 1.06 bits per heavy atom. The van der Waals surface area contributed by atoms with E-state index in [1.165, 1.54) is 6.07 Å². The summed E-state index contributed by atoms with van der Waals surface area (Å²) in [5.41, 5.74) is 0.123. The first-order valence-electron chi connectivity index (χ1n) is 17.0. The van der Waals surface area contributed by atoms with E-state index in [2.05, 4.69) is 20.2 Å². The molecule has 3 unspecified atom stereocenters. The van der Waals surface area contributed by atoms with Gasteiger partial charge in [-0.3, -0.25) is 4.90 Å². The first-order valence-corrected chi connectivity index (χ1v) is 17.4. The number of carbonyl (C=O) groups excluding carboxylic acids is 1. The summed E-state index contributed by atoms with van der Waals surface area (Å²) in [6.07, 6.45) is 5.22. The van der Waals surface area contributed by atoms with Crippen LogP contribution in [0.2, 0.25) is 5.02 Å². The minimum atomic E-state index is -1.68. The lowest BCUT2D eigenvalue weighted by Gasteiger charge is -2.35. The van der Waals surface area contributed by atoms with Crippen molar-refractivity contribution in [1.82, 2.24) is 20.2 Å². The van der Waals surface area contributed by atoms with Gasteiger partial charge in [0.15, 0.2) is 0 Å². The number of aliphatic hydroxyl groups is 5. The van der Waals surface area contributed by atoms with Gasteiger partial charge in [-0.15, -0.1) is 0 Å². The molecule has 5 rings (SSSR count). The van der Waals surface area contributed by atoms with Gasteiger partial charge in [-0.25, -0.2) is 14.4 Å². The molecule has 0 amide bonds. The summed E-state index contributed by atoms with van der Waals surface area (Å²) in [6.45, 7) is 2.69. The Balaban J connectivity index is 1.07. The Morgan fingerprint density at radius 3 is 2.48 bits per heavy atom. The van der Waals surface area contributed by atoms with E-state index < -0.39 is 42.9 Å². The van der Waals surface area contributed by atoms with Crippen LogP contribution in [0.25, 0.3) is 0 Å². The molecule has 1 saturated carbocycles. The van der Waals surface area contributed by atoms with Gasteiger partial charge in [-0.2, -0.15) is 0 Å². The number of piperidine rings is 1. The highest BCUT2D eigenvalue weighted by Crippen LogP contribution is 2.47. The summed E-state index contributed by atoms with van der Waals surface area (Å²) in [4.78, 5) is 25.1. The van der Waals surface area contributed by atoms with E-state index in [0.29, 0.717) is 47.9 Å². The number of ether oxygens (including phenoxy) is 1. The number of hydrogen-bond donors (Lipinski definition) is 6. The zero-order valence-electron chi connectivity index (χ0n) is 27.2. The molecule has 1 aromatic carbocycles. The lowest BCUT2D eigenvalue weighted by Crippen LogP contribution is -2.52. The second-order valence-corrected chi connectivity index (χ2v) is 14.1. The third-order valence-corrected chi connectivity index (χ3v) is 10.8. The predicted molar refractivity (Wildman–Crippen MR) is 177 cm³/mol. The van der Waals surface area contributed by atoms with Crippen molar-refractivity contribution < 1.29 is 39.5 Å². The highest BCUT2D eigenvalue weighted by atomic mass is 35.5. The van der Waals surface area contributed by atoms with Gasteiger partial charge < -0.3 is 45.3 Å². The number of aldehydes is 1. The number of carbonyl (C=O) groups is 1. The Morgan fingerprint density at radius 2 is 1.79 bits per heavy atom. The van der Waals surface area contributed by atoms with Crippen molar-refractivity contribution in [3.63, 3.8) is 0 Å². The van der Waals surface area contributed by atoms with Crippen LogP contribution < -0.4 is 15.0 Å². The molecule has 12 nitrogen and oxygen atoms in total. The van der Waals surface area contributed by atoms with E-state index in [-0.39, 0.29) is 18.0 Å². The molecule has 1 spiro atoms. The number of hydrogen-bond acceptors (Lipinski definition) is 12. The fraction of sp³-hybridized carbons (Fsp3) is 0.676. The van der Waals surface area contributed by atoms with Crippen molar-refractivity contribution in [2.24, 2.45) is 11.3 Å². The maximum absolute atomic E-state index is 15.4. The molecule has 7 atom stereocenters. The second kappa shape index (κ2) is 16.9. The number of nitrogens with zero attached hydrogens (tertiary/aromatic N) is 4. The normalized spacial score (nSPS) is 25.2. The van der Waals surface area contributed by atoms with Crippen LogP contribution in [0, 0.1) is 17.2 Å². The first-order chi connectivity index (χ1) is 23.1. The molecule has 3 fully saturated rings. The molecule has 3 aliphatic rings. The van der Waals surface area contributed by atoms with Gasteiger partial charge in [0.2, 0.25) is 5.95 Å². The number of anilines is 1. The van der Waals surface area contributed by atoms with E-state index in [1.54, 1.807) is 24.5 Å². The largest absolute Gasteiger partial charge is 0.493 e. The molecule has 14 heteroatoms. The van der Waals surface area contributed by atoms with Gasteiger partial charge in [0.25, 0.3) is 0 Å². The molecule has 2 saturated heterocycles. The highest BCUT2D eigenvalue weighted by Gasteiger charge is 2.49. The number of aromatic nitrogens is 2. The van der Waals surface area contributed by atoms with Crippen LogP contribution in [-0.2, 0) is 4.79 Å². The van der Waals surface area contributed by atoms with Crippen LogP contribution in [0.15, 0.2) is 30.6 Å². The maximum Gasteiger partial charge on any atom is 0.225 e. The number of aliphatic hydroxyl groups excluding tert-OH is 5. The fourth-order valence-corrected chi connectivity index (χ4v) is 7.80. The molecule has 48 heavy (non-hydrogen) atoms. The summed E-state index contributed by atoms with van der Waals surface area (Å²) in [5, 5.41) is 53.0. The smallest absolute Gasteiger partial charge is 0.225 e. The van der Waals surface area contributed by atoms with E-state index in [4.69, 9.17) is 21.4 Å². The first kappa shape index (κ1) is 36.8. The van der Waals surface area contributed by atoms with Crippen LogP contribution in [0.4, 0.5) is 10.3 Å². The van der Waals surface area contributed by atoms with Gasteiger partial charge in [0.1, 0.15) is 36.2 Å². The molecular weight excluding hydrogens is 645 g/mol. The Hall–Kier alpha value is -2.49. The van der Waals surface area contributed by atoms with Gasteiger partial charge >= 0.3 is 0 Å². The van der Waals surface area contributed by atoms with Crippen LogP contribution in [0.1, 0.15) is 63.0 Å². The summed E-state index contributed by atoms with van der Waals surface area (Å²) < 4.78 is 21.3. The molecule has 2 aromatic rings. The molecule has 0 bridgehead atoms. The van der Waals surface area contributed by atoms with Crippen LogP contribution in [0.5, 0.6) is 5.75 Å². The molecule has 266 valence electrons. The quantitative estimate of drug-likeness (QED) is 0.112. The Labute approximate surface area is 285 Å². The highest BCUT2D eigenvalue weighted by molar-refractivity contribution is 6.30. The third kappa shape index (κ3) is 8.80. The fourth-order valence-electron chi connectivity index (χ4n) is 7.70. The van der Waals surface area contributed by atoms with Crippen LogP contribution in [-0.4, -0.2) is 123 Å². The number of rotatable bonds is 16. The molecule has 1 aromatic heterocycles. The van der Waals surface area contributed by atoms with Gasteiger partial charge in [-0.05, 0) is 68.9 Å². The zero-order valence-corrected chi connectivity index (χ0v) is 28.0. The monoisotopic (exact) mass is 693 g/mol. The van der Waals surface area contributed by atoms with Gasteiger partial charge in [-0.1, -0.05) is 24.1 Å². The van der Waals surface area contributed by atoms with Crippen molar-refractivity contribution in [1.29, 1.82) is 0 Å². The van der Waals surface area contributed by atoms with E-state index in [0.717, 1.165) is 70.7 Å². The summed E-state index contributed by atoms with van der Waals surface area (Å²) in [5.74, 6) is 1.24. The maximum atomic E-state index is 15.4. The Bertz CT molecular complexity index is 1320. The molecule has 3 heterocycles. The number of halogens is 2. The molecular formula is C34H49ClFN5O7. The van der Waals surface area contributed by atoms with Gasteiger partial charge in [0, 0.05) is 43.9 Å². The van der Waals surface area contributed by atoms with Crippen molar-refractivity contribution in [2.75, 3.05) is 50.8 Å². The molecule has 2 aliphatic heterocycles. The van der Waals surface area contributed by atoms with Crippen molar-refractivity contribution in [2.45, 2.75) is 87.9 Å². The van der Waals surface area contributed by atoms with Crippen molar-refractivity contribution in [3.05, 3.63) is 47.0 Å². The lowest BCUT2D eigenvalue weighted by molar-refractivity contribution is -0.114. The zero-order chi connectivity index (χ0) is 34.3. The Kier molecular flexibility index (Phi) is 13.0. The van der Waals surface area contributed by atoms with E-state index in [9.17, 15) is 25.2 Å². The SMILES string of the molecule is O=CC(c1ccc(OCCCC2CCN(c3ncc(Cl)cn3)CC2)cc1F)N1CCC2(CCCC2NC[C@H](O)[C@@H](O)[C@H](O)[C@H](O)CO)C1. The number of likely N-dealkylation sites (tertiary alicyclic amines) is 1. The average molecular weight is 694 g/mol. The second-order valence-electron chi connectivity index (χ2n) is 13.6. The van der Waals surface area contributed by atoms with E-state index in [1.807, 2.05) is 4.90 Å². The van der Waals surface area contributed by atoms with Crippen molar-refractivity contribution >= 4 is 23.8 Å². The summed E-state index contributed by atoms with van der Waals surface area (Å²) >= 11 is 5.90. The molecule has 1 aliphatic carbocycles. The summed E-state index contributed by atoms with van der Waals surface area (Å²) in [7, 11) is 0. The predicted octanol–water partition coefficient (Wildman–Crippen LogP) is 1.85. The lowest BCUT2D eigenvalue weighted by atomic mass is 9.81.